The molecule has 0 N–H and O–H groups in total. The lowest BCUT2D eigenvalue weighted by Gasteiger charge is -2.23. The Morgan fingerprint density at radius 1 is 0.917 bits per heavy atom. The summed E-state index contributed by atoms with van der Waals surface area (Å²) < 4.78 is 67.6. The van der Waals surface area contributed by atoms with Crippen LogP contribution in [0.15, 0.2) is 0 Å². The van der Waals surface area contributed by atoms with E-state index in [2.05, 4.69) is 11.6 Å². The first-order valence-corrected chi connectivity index (χ1v) is 3.83. The highest BCUT2D eigenvalue weighted by Crippen LogP contribution is 2.44. The van der Waals surface area contributed by atoms with Gasteiger partial charge in [-0.05, 0) is 0 Å². The molecule has 0 aliphatic heterocycles. The van der Waals surface area contributed by atoms with Gasteiger partial charge in [-0.1, -0.05) is 15.9 Å². The summed E-state index contributed by atoms with van der Waals surface area (Å²) in [6.07, 6.45) is -10.8. The zero-order chi connectivity index (χ0) is 10.2. The summed E-state index contributed by atoms with van der Waals surface area (Å²) in [7, 11) is 0. The molecule has 0 aliphatic rings. The van der Waals surface area contributed by atoms with Gasteiger partial charge in [-0.25, -0.2) is 0 Å². The standard InChI is InChI=1S/C4H2BrClF6/c5-2(6)1(3(7,8)9)4(10,11)12/h1-2H/t2-/m0/s1. The Balaban J connectivity index is 4.70. The maximum Gasteiger partial charge on any atom is 0.402 e. The van der Waals surface area contributed by atoms with Crippen molar-refractivity contribution in [2.45, 2.75) is 16.6 Å². The van der Waals surface area contributed by atoms with Gasteiger partial charge in [0.1, 0.15) is 4.29 Å². The van der Waals surface area contributed by atoms with Gasteiger partial charge >= 0.3 is 12.4 Å². The van der Waals surface area contributed by atoms with Crippen LogP contribution in [0.5, 0.6) is 0 Å². The van der Waals surface area contributed by atoms with Crippen LogP contribution < -0.4 is 0 Å². The molecular weight excluding hydrogens is 277 g/mol. The van der Waals surface area contributed by atoms with E-state index in [1.165, 1.54) is 0 Å². The van der Waals surface area contributed by atoms with Crippen LogP contribution in [0.1, 0.15) is 0 Å². The highest BCUT2D eigenvalue weighted by Gasteiger charge is 2.59. The number of alkyl halides is 8. The molecule has 0 heterocycles. The van der Waals surface area contributed by atoms with Gasteiger partial charge in [0, 0.05) is 0 Å². The number of rotatable bonds is 1. The molecule has 8 heteroatoms. The Bertz CT molecular complexity index is 135. The molecule has 0 amide bonds. The largest absolute Gasteiger partial charge is 0.402 e. The van der Waals surface area contributed by atoms with Crippen LogP contribution in [0.4, 0.5) is 26.3 Å². The van der Waals surface area contributed by atoms with Crippen LogP contribution in [0, 0.1) is 5.92 Å². The minimum atomic E-state index is -5.38. The molecule has 74 valence electrons. The third-order valence-electron chi connectivity index (χ3n) is 0.957. The van der Waals surface area contributed by atoms with Crippen molar-refractivity contribution in [3.63, 3.8) is 0 Å². The smallest absolute Gasteiger partial charge is 0.170 e. The molecule has 0 aromatic carbocycles. The molecule has 0 bridgehead atoms. The topological polar surface area (TPSA) is 0 Å². The van der Waals surface area contributed by atoms with E-state index in [-0.39, 0.29) is 0 Å². The molecule has 0 fully saturated rings. The highest BCUT2D eigenvalue weighted by molar-refractivity contribution is 9.10. The lowest BCUT2D eigenvalue weighted by atomic mass is 10.1. The Labute approximate surface area is 77.0 Å². The van der Waals surface area contributed by atoms with E-state index in [1.54, 1.807) is 0 Å². The number of halogens is 8. The van der Waals surface area contributed by atoms with Gasteiger partial charge < -0.3 is 0 Å². The summed E-state index contributed by atoms with van der Waals surface area (Å²) in [5.74, 6) is -3.54. The molecule has 1 atom stereocenters. The SMILES string of the molecule is FC(F)(F)C([C@H](Cl)Br)C(F)(F)F. The Hall–Kier alpha value is 0.350. The van der Waals surface area contributed by atoms with E-state index in [0.29, 0.717) is 0 Å². The van der Waals surface area contributed by atoms with E-state index in [0.717, 1.165) is 0 Å². The second-order valence-electron chi connectivity index (χ2n) is 1.90. The van der Waals surface area contributed by atoms with Crippen molar-refractivity contribution in [3.8, 4) is 0 Å². The zero-order valence-electron chi connectivity index (χ0n) is 5.18. The van der Waals surface area contributed by atoms with Gasteiger partial charge in [-0.15, -0.1) is 11.6 Å². The molecule has 0 nitrogen and oxygen atoms in total. The number of hydrogen-bond donors (Lipinski definition) is 0. The van der Waals surface area contributed by atoms with Gasteiger partial charge in [0.15, 0.2) is 5.92 Å². The third kappa shape index (κ3) is 3.38. The van der Waals surface area contributed by atoms with Crippen LogP contribution in [0.25, 0.3) is 0 Å². The molecule has 12 heavy (non-hydrogen) atoms. The van der Waals surface area contributed by atoms with E-state index < -0.39 is 22.6 Å². The maximum atomic E-state index is 11.6. The Morgan fingerprint density at radius 3 is 1.17 bits per heavy atom. The quantitative estimate of drug-likeness (QED) is 0.507. The summed E-state index contributed by atoms with van der Waals surface area (Å²) in [5, 5.41) is 0. The summed E-state index contributed by atoms with van der Waals surface area (Å²) in [6, 6.07) is 0. The van der Waals surface area contributed by atoms with E-state index >= 15 is 0 Å². The summed E-state index contributed by atoms with van der Waals surface area (Å²) in [4.78, 5) is 0. The second kappa shape index (κ2) is 3.61. The van der Waals surface area contributed by atoms with Crippen molar-refractivity contribution in [2.24, 2.45) is 5.92 Å². The normalized spacial score (nSPS) is 16.8. The Morgan fingerprint density at radius 2 is 1.17 bits per heavy atom. The van der Waals surface area contributed by atoms with Gasteiger partial charge in [0.25, 0.3) is 0 Å². The molecule has 0 aliphatic carbocycles. The van der Waals surface area contributed by atoms with Crippen molar-refractivity contribution in [3.05, 3.63) is 0 Å². The minimum Gasteiger partial charge on any atom is -0.170 e. The average Bonchev–Trinajstić information content (AvgIpc) is 1.49. The third-order valence-corrected chi connectivity index (χ3v) is 1.74. The molecule has 0 spiro atoms. The van der Waals surface area contributed by atoms with Crippen LogP contribution in [0.3, 0.4) is 0 Å². The van der Waals surface area contributed by atoms with Gasteiger partial charge in [-0.2, -0.15) is 26.3 Å². The summed E-state index contributed by atoms with van der Waals surface area (Å²) in [5.41, 5.74) is 0. The predicted molar refractivity (Wildman–Crippen MR) is 34.2 cm³/mol. The lowest BCUT2D eigenvalue weighted by molar-refractivity contribution is -0.278. The van der Waals surface area contributed by atoms with Crippen LogP contribution in [-0.2, 0) is 0 Å². The highest BCUT2D eigenvalue weighted by atomic mass is 79.9. The number of hydrogen-bond acceptors (Lipinski definition) is 0. The Kier molecular flexibility index (Phi) is 3.72. The second-order valence-corrected chi connectivity index (χ2v) is 3.88. The van der Waals surface area contributed by atoms with E-state index in [4.69, 9.17) is 0 Å². The fraction of sp³-hybridized carbons (Fsp3) is 1.00. The van der Waals surface area contributed by atoms with Crippen molar-refractivity contribution in [1.82, 2.24) is 0 Å². The first kappa shape index (κ1) is 12.3. The van der Waals surface area contributed by atoms with Gasteiger partial charge in [0.05, 0.1) is 0 Å². The summed E-state index contributed by atoms with van der Waals surface area (Å²) in [6.45, 7) is 0. The van der Waals surface area contributed by atoms with Gasteiger partial charge in [0.2, 0.25) is 0 Å². The van der Waals surface area contributed by atoms with Crippen LogP contribution in [0.2, 0.25) is 0 Å². The first-order chi connectivity index (χ1) is 5.07. The molecule has 0 saturated carbocycles. The molecule has 0 rings (SSSR count). The monoisotopic (exact) mass is 278 g/mol. The van der Waals surface area contributed by atoms with Crippen molar-refractivity contribution >= 4 is 27.5 Å². The fourth-order valence-electron chi connectivity index (χ4n) is 0.471. The lowest BCUT2D eigenvalue weighted by Crippen LogP contribution is -2.40. The van der Waals surface area contributed by atoms with Crippen molar-refractivity contribution in [1.29, 1.82) is 0 Å². The first-order valence-electron chi connectivity index (χ1n) is 2.48. The van der Waals surface area contributed by atoms with E-state index in [1.807, 2.05) is 15.9 Å². The fourth-order valence-corrected chi connectivity index (χ4v) is 1.36. The molecule has 0 radical (unpaired) electrons. The molecule has 0 saturated heterocycles. The zero-order valence-corrected chi connectivity index (χ0v) is 7.52. The van der Waals surface area contributed by atoms with E-state index in [9.17, 15) is 26.3 Å². The average molecular weight is 279 g/mol. The molecule has 0 aromatic heterocycles. The maximum absolute atomic E-state index is 11.6. The molecular formula is C4H2BrClF6. The van der Waals surface area contributed by atoms with Crippen LogP contribution >= 0.6 is 27.5 Å². The van der Waals surface area contributed by atoms with Crippen molar-refractivity contribution in [2.75, 3.05) is 0 Å². The van der Waals surface area contributed by atoms with Gasteiger partial charge in [-0.3, -0.25) is 0 Å². The minimum absolute atomic E-state index is 2.04. The molecule has 0 unspecified atom stereocenters. The van der Waals surface area contributed by atoms with Crippen LogP contribution in [-0.4, -0.2) is 16.6 Å². The predicted octanol–water partition coefficient (Wildman–Crippen LogP) is 3.69. The summed E-state index contributed by atoms with van der Waals surface area (Å²) >= 11 is 6.73. The van der Waals surface area contributed by atoms with Crippen molar-refractivity contribution < 1.29 is 26.3 Å². The molecule has 0 aromatic rings.